The highest BCUT2D eigenvalue weighted by molar-refractivity contribution is 5.59. The molecule has 0 spiro atoms. The van der Waals surface area contributed by atoms with E-state index in [9.17, 15) is 5.11 Å². The molecule has 0 radical (unpaired) electrons. The predicted molar refractivity (Wildman–Crippen MR) is 68.0 cm³/mol. The average molecular weight is 240 g/mol. The number of benzene rings is 1. The van der Waals surface area contributed by atoms with Gasteiger partial charge in [-0.3, -0.25) is 0 Å². The maximum absolute atomic E-state index is 9.25. The van der Waals surface area contributed by atoms with Crippen molar-refractivity contribution in [1.29, 1.82) is 0 Å². The van der Waals surface area contributed by atoms with Crippen molar-refractivity contribution < 1.29 is 5.11 Å². The second kappa shape index (κ2) is 4.12. The Morgan fingerprint density at radius 3 is 2.67 bits per heavy atom. The zero-order valence-electron chi connectivity index (χ0n) is 9.61. The lowest BCUT2D eigenvalue weighted by molar-refractivity contribution is 0.475. The summed E-state index contributed by atoms with van der Waals surface area (Å²) >= 11 is 0. The summed E-state index contributed by atoms with van der Waals surface area (Å²) < 4.78 is 1.71. The van der Waals surface area contributed by atoms with Gasteiger partial charge in [0.2, 0.25) is 0 Å². The standard InChI is InChI=1S/C13H12N4O/c14-8-9-5-6-17-12(7-9)15-13(16-17)10-1-3-11(18)4-2-10/h1-7,18H,8,14H2. The third-order valence-corrected chi connectivity index (χ3v) is 2.76. The monoisotopic (exact) mass is 240 g/mol. The third kappa shape index (κ3) is 1.80. The molecule has 5 nitrogen and oxygen atoms in total. The van der Waals surface area contributed by atoms with Crippen molar-refractivity contribution in [2.45, 2.75) is 6.54 Å². The summed E-state index contributed by atoms with van der Waals surface area (Å²) in [5, 5.41) is 13.6. The fourth-order valence-electron chi connectivity index (χ4n) is 1.78. The molecule has 3 rings (SSSR count). The van der Waals surface area contributed by atoms with E-state index in [1.54, 1.807) is 28.8 Å². The number of fused-ring (bicyclic) bond motifs is 1. The number of nitrogens with two attached hydrogens (primary N) is 1. The molecule has 0 saturated heterocycles. The van der Waals surface area contributed by atoms with Crippen LogP contribution < -0.4 is 5.73 Å². The highest BCUT2D eigenvalue weighted by atomic mass is 16.3. The molecule has 0 fully saturated rings. The zero-order chi connectivity index (χ0) is 12.5. The van der Waals surface area contributed by atoms with E-state index in [0.29, 0.717) is 12.4 Å². The number of phenols is 1. The van der Waals surface area contributed by atoms with Gasteiger partial charge in [0, 0.05) is 18.3 Å². The molecule has 3 aromatic rings. The number of aromatic nitrogens is 3. The second-order valence-electron chi connectivity index (χ2n) is 4.02. The molecule has 0 unspecified atom stereocenters. The van der Waals surface area contributed by atoms with E-state index in [1.807, 2.05) is 18.3 Å². The van der Waals surface area contributed by atoms with Gasteiger partial charge in [-0.2, -0.15) is 0 Å². The molecule has 0 amide bonds. The van der Waals surface area contributed by atoms with Crippen LogP contribution in [-0.2, 0) is 6.54 Å². The first-order chi connectivity index (χ1) is 8.76. The molecule has 0 atom stereocenters. The molecular weight excluding hydrogens is 228 g/mol. The van der Waals surface area contributed by atoms with Crippen LogP contribution in [0.4, 0.5) is 0 Å². The van der Waals surface area contributed by atoms with Gasteiger partial charge in [-0.25, -0.2) is 9.50 Å². The lowest BCUT2D eigenvalue weighted by Crippen LogP contribution is -1.97. The zero-order valence-corrected chi connectivity index (χ0v) is 9.61. The summed E-state index contributed by atoms with van der Waals surface area (Å²) in [5.74, 6) is 0.858. The Morgan fingerprint density at radius 2 is 1.94 bits per heavy atom. The SMILES string of the molecule is NCc1ccn2nc(-c3ccc(O)cc3)nc2c1. The first-order valence-corrected chi connectivity index (χ1v) is 5.61. The fraction of sp³-hybridized carbons (Fsp3) is 0.0769. The summed E-state index contributed by atoms with van der Waals surface area (Å²) in [7, 11) is 0. The summed E-state index contributed by atoms with van der Waals surface area (Å²) in [4.78, 5) is 4.44. The van der Waals surface area contributed by atoms with Gasteiger partial charge in [0.15, 0.2) is 11.5 Å². The smallest absolute Gasteiger partial charge is 0.182 e. The lowest BCUT2D eigenvalue weighted by Gasteiger charge is -1.95. The molecule has 90 valence electrons. The number of hydrogen-bond donors (Lipinski definition) is 2. The van der Waals surface area contributed by atoms with Crippen molar-refractivity contribution in [3.05, 3.63) is 48.2 Å². The van der Waals surface area contributed by atoms with Gasteiger partial charge in [-0.15, -0.1) is 5.10 Å². The number of nitrogens with zero attached hydrogens (tertiary/aromatic N) is 3. The normalized spacial score (nSPS) is 10.9. The molecule has 0 aliphatic heterocycles. The summed E-state index contributed by atoms with van der Waals surface area (Å²) in [5.41, 5.74) is 8.24. The van der Waals surface area contributed by atoms with Crippen LogP contribution in [0.15, 0.2) is 42.6 Å². The molecule has 0 aliphatic rings. The van der Waals surface area contributed by atoms with E-state index in [2.05, 4.69) is 10.1 Å². The van der Waals surface area contributed by atoms with Gasteiger partial charge < -0.3 is 10.8 Å². The van der Waals surface area contributed by atoms with E-state index < -0.39 is 0 Å². The van der Waals surface area contributed by atoms with Gasteiger partial charge >= 0.3 is 0 Å². The van der Waals surface area contributed by atoms with Crippen LogP contribution in [0.25, 0.3) is 17.0 Å². The average Bonchev–Trinajstić information content (AvgIpc) is 2.82. The van der Waals surface area contributed by atoms with Crippen LogP contribution >= 0.6 is 0 Å². The van der Waals surface area contributed by atoms with Crippen molar-refractivity contribution in [1.82, 2.24) is 14.6 Å². The van der Waals surface area contributed by atoms with E-state index in [1.165, 1.54) is 0 Å². The molecule has 3 N–H and O–H groups in total. The number of rotatable bonds is 2. The van der Waals surface area contributed by atoms with Gasteiger partial charge in [-0.1, -0.05) is 0 Å². The first kappa shape index (κ1) is 10.7. The Bertz CT molecular complexity index is 688. The number of hydrogen-bond acceptors (Lipinski definition) is 4. The summed E-state index contributed by atoms with van der Waals surface area (Å²) in [6.07, 6.45) is 1.84. The molecule has 2 heterocycles. The van der Waals surface area contributed by atoms with Crippen molar-refractivity contribution in [2.75, 3.05) is 0 Å². The molecule has 0 saturated carbocycles. The third-order valence-electron chi connectivity index (χ3n) is 2.76. The fourth-order valence-corrected chi connectivity index (χ4v) is 1.78. The quantitative estimate of drug-likeness (QED) is 0.712. The minimum absolute atomic E-state index is 0.230. The van der Waals surface area contributed by atoms with E-state index in [4.69, 9.17) is 5.73 Å². The molecule has 1 aromatic carbocycles. The minimum Gasteiger partial charge on any atom is -0.508 e. The first-order valence-electron chi connectivity index (χ1n) is 5.61. The van der Waals surface area contributed by atoms with Crippen LogP contribution in [-0.4, -0.2) is 19.7 Å². The topological polar surface area (TPSA) is 76.4 Å². The van der Waals surface area contributed by atoms with E-state index in [-0.39, 0.29) is 5.75 Å². The Labute approximate surface area is 104 Å². The number of phenolic OH excluding ortho intramolecular Hbond substituents is 1. The number of aromatic hydroxyl groups is 1. The van der Waals surface area contributed by atoms with E-state index >= 15 is 0 Å². The van der Waals surface area contributed by atoms with E-state index in [0.717, 1.165) is 16.8 Å². The van der Waals surface area contributed by atoms with Crippen LogP contribution in [0, 0.1) is 0 Å². The Kier molecular flexibility index (Phi) is 2.46. The molecule has 5 heteroatoms. The minimum atomic E-state index is 0.230. The maximum Gasteiger partial charge on any atom is 0.182 e. The highest BCUT2D eigenvalue weighted by Gasteiger charge is 2.06. The van der Waals surface area contributed by atoms with Crippen molar-refractivity contribution in [3.8, 4) is 17.1 Å². The van der Waals surface area contributed by atoms with Crippen LogP contribution in [0.1, 0.15) is 5.56 Å². The van der Waals surface area contributed by atoms with Crippen LogP contribution in [0.2, 0.25) is 0 Å². The van der Waals surface area contributed by atoms with Crippen molar-refractivity contribution in [2.24, 2.45) is 5.73 Å². The Hall–Kier alpha value is -2.40. The highest BCUT2D eigenvalue weighted by Crippen LogP contribution is 2.19. The second-order valence-corrected chi connectivity index (χ2v) is 4.02. The lowest BCUT2D eigenvalue weighted by atomic mass is 10.2. The predicted octanol–water partition coefficient (Wildman–Crippen LogP) is 1.56. The Morgan fingerprint density at radius 1 is 1.17 bits per heavy atom. The molecule has 18 heavy (non-hydrogen) atoms. The van der Waals surface area contributed by atoms with Crippen LogP contribution in [0.3, 0.4) is 0 Å². The van der Waals surface area contributed by atoms with Gasteiger partial charge in [0.1, 0.15) is 5.75 Å². The van der Waals surface area contributed by atoms with Gasteiger partial charge in [-0.05, 0) is 42.0 Å². The largest absolute Gasteiger partial charge is 0.508 e. The summed E-state index contributed by atoms with van der Waals surface area (Å²) in [6, 6.07) is 10.6. The number of pyridine rings is 1. The molecule has 0 aliphatic carbocycles. The maximum atomic E-state index is 9.25. The van der Waals surface area contributed by atoms with Gasteiger partial charge in [0.25, 0.3) is 0 Å². The van der Waals surface area contributed by atoms with Crippen LogP contribution in [0.5, 0.6) is 5.75 Å². The van der Waals surface area contributed by atoms with Crippen molar-refractivity contribution in [3.63, 3.8) is 0 Å². The Balaban J connectivity index is 2.10. The molecular formula is C13H12N4O. The van der Waals surface area contributed by atoms with Crippen molar-refractivity contribution >= 4 is 5.65 Å². The summed E-state index contributed by atoms with van der Waals surface area (Å²) in [6.45, 7) is 0.484. The van der Waals surface area contributed by atoms with Gasteiger partial charge in [0.05, 0.1) is 0 Å². The molecule has 2 aromatic heterocycles. The molecule has 0 bridgehead atoms.